The summed E-state index contributed by atoms with van der Waals surface area (Å²) in [5.41, 5.74) is 1.39. The van der Waals surface area contributed by atoms with Gasteiger partial charge in [0.15, 0.2) is 0 Å². The number of ether oxygens (including phenoxy) is 3. The van der Waals surface area contributed by atoms with E-state index in [2.05, 4.69) is 0 Å². The van der Waals surface area contributed by atoms with Crippen molar-refractivity contribution in [3.63, 3.8) is 0 Å². The summed E-state index contributed by atoms with van der Waals surface area (Å²) in [4.78, 5) is 36.6. The molecule has 0 bridgehead atoms. The number of aryl methyl sites for hydroxylation is 2. The Morgan fingerprint density at radius 3 is 2.52 bits per heavy atom. The van der Waals surface area contributed by atoms with E-state index in [0.29, 0.717) is 22.3 Å². The molecule has 0 saturated carbocycles. The van der Waals surface area contributed by atoms with Gasteiger partial charge in [0.2, 0.25) is 0 Å². The molecule has 31 heavy (non-hydrogen) atoms. The van der Waals surface area contributed by atoms with Gasteiger partial charge in [0.25, 0.3) is 0 Å². The lowest BCUT2D eigenvalue weighted by Gasteiger charge is -2.14. The van der Waals surface area contributed by atoms with E-state index in [4.69, 9.17) is 18.6 Å². The summed E-state index contributed by atoms with van der Waals surface area (Å²) in [6.07, 6.45) is 0.177. The molecule has 0 N–H and O–H groups in total. The minimum absolute atomic E-state index is 0.110. The second kappa shape index (κ2) is 9.47. The van der Waals surface area contributed by atoms with Crippen molar-refractivity contribution in [1.82, 2.24) is 0 Å². The number of carbonyl (C=O) groups is 2. The van der Waals surface area contributed by atoms with Crippen LogP contribution in [0.2, 0.25) is 0 Å². The molecule has 0 aliphatic rings. The summed E-state index contributed by atoms with van der Waals surface area (Å²) in [5.74, 6) is -0.404. The van der Waals surface area contributed by atoms with Crippen LogP contribution in [0.1, 0.15) is 41.8 Å². The first-order chi connectivity index (χ1) is 14.8. The highest BCUT2D eigenvalue weighted by Gasteiger charge is 2.19. The number of hydrogen-bond donors (Lipinski definition) is 0. The van der Waals surface area contributed by atoms with Crippen LogP contribution in [-0.4, -0.2) is 25.2 Å². The van der Waals surface area contributed by atoms with E-state index in [0.717, 1.165) is 5.56 Å². The van der Waals surface area contributed by atoms with E-state index in [9.17, 15) is 14.4 Å². The number of methoxy groups -OCH3 is 1. The van der Waals surface area contributed by atoms with Crippen molar-refractivity contribution in [3.05, 3.63) is 69.6 Å². The van der Waals surface area contributed by atoms with Gasteiger partial charge < -0.3 is 18.6 Å². The molecule has 0 aliphatic carbocycles. The highest BCUT2D eigenvalue weighted by molar-refractivity contribution is 5.95. The Hall–Kier alpha value is -3.61. The maximum atomic E-state index is 12.8. The Morgan fingerprint density at radius 1 is 1.06 bits per heavy atom. The molecule has 3 aromatic rings. The fraction of sp³-hybridized carbons (Fsp3) is 0.292. The molecule has 0 radical (unpaired) electrons. The van der Waals surface area contributed by atoms with Gasteiger partial charge in [0.05, 0.1) is 13.2 Å². The molecule has 0 fully saturated rings. The van der Waals surface area contributed by atoms with Crippen LogP contribution in [0.15, 0.2) is 51.7 Å². The Morgan fingerprint density at radius 2 is 1.81 bits per heavy atom. The number of esters is 2. The summed E-state index contributed by atoms with van der Waals surface area (Å²) in [5, 5.41) is 0.698. The second-order valence-electron chi connectivity index (χ2n) is 7.33. The Bertz CT molecular complexity index is 1170. The van der Waals surface area contributed by atoms with Crippen LogP contribution in [0.25, 0.3) is 11.0 Å². The zero-order valence-corrected chi connectivity index (χ0v) is 17.9. The molecule has 162 valence electrons. The molecule has 0 aliphatic heterocycles. The fourth-order valence-electron chi connectivity index (χ4n) is 3.21. The molecule has 0 saturated heterocycles. The maximum Gasteiger partial charge on any atom is 0.347 e. The van der Waals surface area contributed by atoms with E-state index in [1.54, 1.807) is 51.1 Å². The van der Waals surface area contributed by atoms with Gasteiger partial charge in [-0.1, -0.05) is 12.1 Å². The number of carbonyl (C=O) groups excluding carboxylic acids is 2. The van der Waals surface area contributed by atoms with Crippen LogP contribution in [0, 0.1) is 6.92 Å². The third kappa shape index (κ3) is 5.31. The third-order valence-corrected chi connectivity index (χ3v) is 4.63. The summed E-state index contributed by atoms with van der Waals surface area (Å²) >= 11 is 0. The van der Waals surface area contributed by atoms with Crippen LogP contribution in [0.4, 0.5) is 0 Å². The Balaban J connectivity index is 1.99. The fourth-order valence-corrected chi connectivity index (χ4v) is 3.21. The van der Waals surface area contributed by atoms with Crippen LogP contribution < -0.4 is 15.1 Å². The number of para-hydroxylation sites is 1. The van der Waals surface area contributed by atoms with Gasteiger partial charge in [-0.25, -0.2) is 9.59 Å². The average molecular weight is 424 g/mol. The standard InChI is InChI=1S/C24H24O7/c1-14(2)29-22(25)10-9-16-12-18-15(3)11-23(26)30-21(18)13-20(16)31-24(27)17-7-5-6-8-19(17)28-4/h5-8,11-14H,9-10H2,1-4H3. The van der Waals surface area contributed by atoms with Crippen LogP contribution in [0.5, 0.6) is 11.5 Å². The van der Waals surface area contributed by atoms with Crippen LogP contribution in [-0.2, 0) is 16.0 Å². The summed E-state index contributed by atoms with van der Waals surface area (Å²) < 4.78 is 21.4. The molecule has 7 heteroatoms. The van der Waals surface area contributed by atoms with Crippen molar-refractivity contribution < 1.29 is 28.2 Å². The van der Waals surface area contributed by atoms with Crippen LogP contribution in [0.3, 0.4) is 0 Å². The first kappa shape index (κ1) is 22.1. The SMILES string of the molecule is COc1ccccc1C(=O)Oc1cc2oc(=O)cc(C)c2cc1CCC(=O)OC(C)C. The molecule has 7 nitrogen and oxygen atoms in total. The van der Waals surface area contributed by atoms with Gasteiger partial charge in [-0.2, -0.15) is 0 Å². The van der Waals surface area contributed by atoms with Gasteiger partial charge in [0.1, 0.15) is 22.6 Å². The smallest absolute Gasteiger partial charge is 0.347 e. The highest BCUT2D eigenvalue weighted by atomic mass is 16.5. The van der Waals surface area contributed by atoms with Gasteiger partial charge >= 0.3 is 17.6 Å². The van der Waals surface area contributed by atoms with Crippen molar-refractivity contribution >= 4 is 22.9 Å². The van der Waals surface area contributed by atoms with E-state index in [1.807, 2.05) is 0 Å². The first-order valence-corrected chi connectivity index (χ1v) is 9.90. The molecule has 1 heterocycles. The molecule has 0 spiro atoms. The Labute approximate surface area is 179 Å². The molecule has 3 rings (SSSR count). The molecule has 2 aromatic carbocycles. The summed E-state index contributed by atoms with van der Waals surface area (Å²) in [7, 11) is 1.46. The third-order valence-electron chi connectivity index (χ3n) is 4.63. The topological polar surface area (TPSA) is 92.0 Å². The maximum absolute atomic E-state index is 12.8. The van der Waals surface area contributed by atoms with Crippen molar-refractivity contribution in [2.24, 2.45) is 0 Å². The molecule has 1 aromatic heterocycles. The van der Waals surface area contributed by atoms with Crippen molar-refractivity contribution in [3.8, 4) is 11.5 Å². The van der Waals surface area contributed by atoms with E-state index in [-0.39, 0.29) is 36.2 Å². The van der Waals surface area contributed by atoms with E-state index in [1.165, 1.54) is 19.2 Å². The van der Waals surface area contributed by atoms with Gasteiger partial charge in [-0.05, 0) is 56.5 Å². The Kier molecular flexibility index (Phi) is 6.74. The molecular weight excluding hydrogens is 400 g/mol. The number of fused-ring (bicyclic) bond motifs is 1. The lowest BCUT2D eigenvalue weighted by molar-refractivity contribution is -0.147. The number of rotatable bonds is 7. The molecule has 0 unspecified atom stereocenters. The van der Waals surface area contributed by atoms with Crippen LogP contribution >= 0.6 is 0 Å². The zero-order valence-electron chi connectivity index (χ0n) is 17.9. The largest absolute Gasteiger partial charge is 0.496 e. The van der Waals surface area contributed by atoms with Crippen molar-refractivity contribution in [2.75, 3.05) is 7.11 Å². The lowest BCUT2D eigenvalue weighted by Crippen LogP contribution is -2.14. The highest BCUT2D eigenvalue weighted by Crippen LogP contribution is 2.30. The minimum Gasteiger partial charge on any atom is -0.496 e. The molecule has 0 atom stereocenters. The quantitative estimate of drug-likeness (QED) is 0.319. The van der Waals surface area contributed by atoms with Gasteiger partial charge in [-0.15, -0.1) is 0 Å². The molecular formula is C24H24O7. The predicted molar refractivity (Wildman–Crippen MR) is 115 cm³/mol. The molecule has 0 amide bonds. The predicted octanol–water partition coefficient (Wildman–Crippen LogP) is 4.21. The summed E-state index contributed by atoms with van der Waals surface area (Å²) in [6.45, 7) is 5.34. The summed E-state index contributed by atoms with van der Waals surface area (Å²) in [6, 6.07) is 11.3. The van der Waals surface area contributed by atoms with E-state index < -0.39 is 11.6 Å². The first-order valence-electron chi connectivity index (χ1n) is 9.90. The van der Waals surface area contributed by atoms with Gasteiger partial charge in [-0.3, -0.25) is 4.79 Å². The normalized spacial score (nSPS) is 10.9. The van der Waals surface area contributed by atoms with E-state index >= 15 is 0 Å². The van der Waals surface area contributed by atoms with Gasteiger partial charge in [0, 0.05) is 23.9 Å². The second-order valence-corrected chi connectivity index (χ2v) is 7.33. The van der Waals surface area contributed by atoms with Crippen molar-refractivity contribution in [2.45, 2.75) is 39.7 Å². The minimum atomic E-state index is -0.627. The average Bonchev–Trinajstić information content (AvgIpc) is 2.71. The monoisotopic (exact) mass is 424 g/mol. The lowest BCUT2D eigenvalue weighted by atomic mass is 10.0. The number of benzene rings is 2. The zero-order chi connectivity index (χ0) is 22.5. The number of hydrogen-bond acceptors (Lipinski definition) is 7. The van der Waals surface area contributed by atoms with Crippen molar-refractivity contribution in [1.29, 1.82) is 0 Å².